The topological polar surface area (TPSA) is 121 Å². The van der Waals surface area contributed by atoms with E-state index in [1.54, 1.807) is 18.2 Å². The molecule has 0 unspecified atom stereocenters. The molecule has 0 fully saturated rings. The predicted molar refractivity (Wildman–Crippen MR) is 142 cm³/mol. The van der Waals surface area contributed by atoms with Crippen LogP contribution in [0.15, 0.2) is 60.8 Å². The number of aryl methyl sites for hydroxylation is 4. The van der Waals surface area contributed by atoms with Gasteiger partial charge in [0, 0.05) is 28.0 Å². The lowest BCUT2D eigenvalue weighted by Crippen LogP contribution is -2.17. The number of benzene rings is 2. The molecule has 0 saturated heterocycles. The molecule has 1 amide bonds. The lowest BCUT2D eigenvalue weighted by molar-refractivity contribution is 0.102. The third kappa shape index (κ3) is 4.73. The van der Waals surface area contributed by atoms with E-state index in [-0.39, 0.29) is 11.4 Å². The van der Waals surface area contributed by atoms with Crippen molar-refractivity contribution >= 4 is 34.3 Å². The van der Waals surface area contributed by atoms with Crippen molar-refractivity contribution in [3.05, 3.63) is 94.4 Å². The van der Waals surface area contributed by atoms with Crippen molar-refractivity contribution in [2.75, 3.05) is 10.6 Å². The van der Waals surface area contributed by atoms with E-state index in [0.29, 0.717) is 23.0 Å². The second kappa shape index (κ2) is 9.51. The van der Waals surface area contributed by atoms with Gasteiger partial charge < -0.3 is 10.6 Å². The Bertz CT molecular complexity index is 1690. The van der Waals surface area contributed by atoms with Crippen LogP contribution in [0.3, 0.4) is 0 Å². The molecule has 3 heterocycles. The number of amides is 1. The van der Waals surface area contributed by atoms with Crippen LogP contribution in [0.25, 0.3) is 16.7 Å². The van der Waals surface area contributed by atoms with Crippen LogP contribution in [0.5, 0.6) is 0 Å². The Morgan fingerprint density at radius 3 is 2.43 bits per heavy atom. The minimum atomic E-state index is -0.392. The monoisotopic (exact) mass is 488 g/mol. The van der Waals surface area contributed by atoms with Crippen molar-refractivity contribution in [2.45, 2.75) is 27.7 Å². The summed E-state index contributed by atoms with van der Waals surface area (Å²) in [6.07, 6.45) is 1.42. The molecule has 0 bridgehead atoms. The Kier molecular flexibility index (Phi) is 6.07. The summed E-state index contributed by atoms with van der Waals surface area (Å²) in [6, 6.07) is 18.9. The van der Waals surface area contributed by atoms with Gasteiger partial charge in [-0.05, 0) is 69.2 Å². The van der Waals surface area contributed by atoms with Crippen molar-refractivity contribution in [2.24, 2.45) is 0 Å². The molecule has 0 spiro atoms. The lowest BCUT2D eigenvalue weighted by atomic mass is 10.1. The summed E-state index contributed by atoms with van der Waals surface area (Å²) in [5.41, 5.74) is 5.85. The first-order chi connectivity index (χ1) is 17.8. The van der Waals surface area contributed by atoms with Gasteiger partial charge in [0.1, 0.15) is 11.6 Å². The molecule has 3 aromatic heterocycles. The number of hydrogen-bond donors (Lipinski definition) is 2. The van der Waals surface area contributed by atoms with Crippen molar-refractivity contribution in [1.29, 1.82) is 5.26 Å². The fraction of sp³-hybridized carbons (Fsp3) is 0.143. The van der Waals surface area contributed by atoms with E-state index < -0.39 is 5.91 Å². The molecule has 0 aliphatic heterocycles. The first-order valence-corrected chi connectivity index (χ1v) is 11.7. The molecule has 0 aliphatic carbocycles. The van der Waals surface area contributed by atoms with Crippen LogP contribution in [0.2, 0.25) is 0 Å². The number of carbonyl (C=O) groups excluding carboxylic acids is 1. The largest absolute Gasteiger partial charge is 0.324 e. The van der Waals surface area contributed by atoms with Gasteiger partial charge in [0.25, 0.3) is 5.91 Å². The van der Waals surface area contributed by atoms with Crippen LogP contribution in [0.1, 0.15) is 38.4 Å². The molecule has 9 nitrogen and oxygen atoms in total. The van der Waals surface area contributed by atoms with E-state index in [4.69, 9.17) is 4.98 Å². The first kappa shape index (κ1) is 23.6. The maximum atomic E-state index is 13.3. The minimum Gasteiger partial charge on any atom is -0.324 e. The zero-order valence-electron chi connectivity index (χ0n) is 20.9. The molecule has 0 saturated carbocycles. The Morgan fingerprint density at radius 1 is 0.919 bits per heavy atom. The average molecular weight is 489 g/mol. The van der Waals surface area contributed by atoms with Crippen LogP contribution in [-0.2, 0) is 0 Å². The number of rotatable bonds is 5. The van der Waals surface area contributed by atoms with Gasteiger partial charge in [0.2, 0.25) is 5.95 Å². The van der Waals surface area contributed by atoms with Gasteiger partial charge in [-0.15, -0.1) is 0 Å². The number of nitrogens with one attached hydrogen (secondary N) is 2. The third-order valence-corrected chi connectivity index (χ3v) is 5.94. The lowest BCUT2D eigenvalue weighted by Gasteiger charge is -2.13. The van der Waals surface area contributed by atoms with Crippen molar-refractivity contribution in [3.8, 4) is 11.9 Å². The van der Waals surface area contributed by atoms with Crippen molar-refractivity contribution in [3.63, 3.8) is 0 Å². The highest BCUT2D eigenvalue weighted by Crippen LogP contribution is 2.26. The minimum absolute atomic E-state index is 0.232. The predicted octanol–water partition coefficient (Wildman–Crippen LogP) is 5.31. The number of hydrogen-bond acceptors (Lipinski definition) is 7. The highest BCUT2D eigenvalue weighted by atomic mass is 16.1. The zero-order chi connectivity index (χ0) is 26.1. The average Bonchev–Trinajstić information content (AvgIpc) is 3.26. The molecule has 0 radical (unpaired) electrons. The third-order valence-electron chi connectivity index (χ3n) is 5.94. The van der Waals surface area contributed by atoms with E-state index in [2.05, 4.69) is 31.8 Å². The quantitative estimate of drug-likeness (QED) is 0.344. The molecule has 5 aromatic rings. The normalized spacial score (nSPS) is 10.8. The van der Waals surface area contributed by atoms with Crippen LogP contribution >= 0.6 is 0 Å². The Morgan fingerprint density at radius 2 is 1.68 bits per heavy atom. The number of nitrogens with zero attached hydrogens (tertiary/aromatic N) is 6. The fourth-order valence-corrected chi connectivity index (χ4v) is 4.21. The van der Waals surface area contributed by atoms with E-state index in [9.17, 15) is 10.1 Å². The first-order valence-electron chi connectivity index (χ1n) is 11.7. The van der Waals surface area contributed by atoms with Crippen LogP contribution in [0, 0.1) is 39.0 Å². The Balaban J connectivity index is 1.47. The zero-order valence-corrected chi connectivity index (χ0v) is 20.9. The summed E-state index contributed by atoms with van der Waals surface area (Å²) in [6.45, 7) is 7.78. The maximum Gasteiger partial charge on any atom is 0.256 e. The van der Waals surface area contributed by atoms with Crippen LogP contribution in [-0.4, -0.2) is 30.6 Å². The van der Waals surface area contributed by atoms with Crippen molar-refractivity contribution in [1.82, 2.24) is 24.7 Å². The molecule has 5 rings (SSSR count). The van der Waals surface area contributed by atoms with Gasteiger partial charge in [-0.3, -0.25) is 4.79 Å². The number of carbonyl (C=O) groups is 1. The van der Waals surface area contributed by atoms with Gasteiger partial charge in [-0.1, -0.05) is 24.3 Å². The maximum absolute atomic E-state index is 13.3. The number of aromatic nitrogens is 5. The molecular weight excluding hydrogens is 464 g/mol. The number of anilines is 3. The van der Waals surface area contributed by atoms with Gasteiger partial charge in [-0.25, -0.2) is 15.0 Å². The summed E-state index contributed by atoms with van der Waals surface area (Å²) < 4.78 is 1.49. The molecule has 37 heavy (non-hydrogen) atoms. The van der Waals surface area contributed by atoms with E-state index in [1.165, 1.54) is 10.9 Å². The van der Waals surface area contributed by atoms with E-state index >= 15 is 0 Å². The van der Waals surface area contributed by atoms with E-state index in [0.717, 1.165) is 33.4 Å². The summed E-state index contributed by atoms with van der Waals surface area (Å²) >= 11 is 0. The van der Waals surface area contributed by atoms with E-state index in [1.807, 2.05) is 64.1 Å². The molecule has 2 aromatic carbocycles. The summed E-state index contributed by atoms with van der Waals surface area (Å²) in [4.78, 5) is 26.8. The van der Waals surface area contributed by atoms with Gasteiger partial charge in [0.05, 0.1) is 11.7 Å². The number of fused-ring (bicyclic) bond motifs is 1. The fourth-order valence-electron chi connectivity index (χ4n) is 4.21. The molecule has 182 valence electrons. The SMILES string of the molecule is Cc1cc(C)nc(Nc2cccc(C(=O)Nc3c(C#N)cnn3-c3cc(C)c4cccc(C)c4n3)c2)n1. The van der Waals surface area contributed by atoms with Crippen molar-refractivity contribution < 1.29 is 4.79 Å². The molecule has 9 heteroatoms. The van der Waals surface area contributed by atoms with Gasteiger partial charge >= 0.3 is 0 Å². The van der Waals surface area contributed by atoms with Crippen LogP contribution < -0.4 is 10.6 Å². The second-order valence-corrected chi connectivity index (χ2v) is 8.83. The smallest absolute Gasteiger partial charge is 0.256 e. The highest BCUT2D eigenvalue weighted by Gasteiger charge is 2.18. The second-order valence-electron chi connectivity index (χ2n) is 8.83. The summed E-state index contributed by atoms with van der Waals surface area (Å²) in [7, 11) is 0. The number of nitriles is 1. The van der Waals surface area contributed by atoms with Crippen LogP contribution in [0.4, 0.5) is 17.5 Å². The Hall–Kier alpha value is -5.10. The van der Waals surface area contributed by atoms with Gasteiger partial charge in [0.15, 0.2) is 11.6 Å². The Labute approximate surface area is 213 Å². The molecule has 2 N–H and O–H groups in total. The summed E-state index contributed by atoms with van der Waals surface area (Å²) in [5, 5.41) is 21.1. The number of pyridine rings is 1. The molecule has 0 atom stereocenters. The highest BCUT2D eigenvalue weighted by molar-refractivity contribution is 6.05. The molecule has 0 aliphatic rings. The summed E-state index contributed by atoms with van der Waals surface area (Å²) in [5.74, 6) is 0.826. The standard InChI is InChI=1S/C28H24N8O/c1-16-7-5-10-23-17(2)11-24(34-25(16)23)36-26(21(14-29)15-30-36)35-27(37)20-8-6-9-22(13-20)33-28-31-18(3)12-19(4)32-28/h5-13,15H,1-4H3,(H,35,37)(H,31,32,33). The number of para-hydroxylation sites is 1. The molecular formula is C28H24N8O. The van der Waals surface area contributed by atoms with Gasteiger partial charge in [-0.2, -0.15) is 15.0 Å².